The summed E-state index contributed by atoms with van der Waals surface area (Å²) in [6, 6.07) is 9.80. The van der Waals surface area contributed by atoms with Crippen molar-refractivity contribution in [2.24, 2.45) is 7.05 Å². The second kappa shape index (κ2) is 6.74. The highest BCUT2D eigenvalue weighted by atomic mass is 16.2. The van der Waals surface area contributed by atoms with Crippen molar-refractivity contribution in [3.8, 4) is 0 Å². The van der Waals surface area contributed by atoms with E-state index in [-0.39, 0.29) is 5.91 Å². The zero-order chi connectivity index (χ0) is 18.1. The van der Waals surface area contributed by atoms with Crippen LogP contribution in [0.3, 0.4) is 0 Å². The molecule has 3 heterocycles. The molecule has 0 radical (unpaired) electrons. The summed E-state index contributed by atoms with van der Waals surface area (Å²) in [6.45, 7) is 3.78. The van der Waals surface area contributed by atoms with Crippen molar-refractivity contribution >= 4 is 28.4 Å². The molecule has 1 amide bonds. The average Bonchev–Trinajstić information content (AvgIpc) is 3.03. The molecule has 1 fully saturated rings. The van der Waals surface area contributed by atoms with Gasteiger partial charge in [-0.2, -0.15) is 5.10 Å². The van der Waals surface area contributed by atoms with Crippen LogP contribution in [0.5, 0.6) is 0 Å². The molecule has 0 aliphatic carbocycles. The minimum Gasteiger partial charge on any atom is -0.345 e. The lowest BCUT2D eigenvalue weighted by Gasteiger charge is -2.35. The number of aryl methyl sites for hydroxylation is 2. The molecule has 0 bridgehead atoms. The third-order valence-electron chi connectivity index (χ3n) is 4.68. The first-order valence-electron chi connectivity index (χ1n) is 8.96. The van der Waals surface area contributed by atoms with Crippen molar-refractivity contribution < 1.29 is 4.79 Å². The summed E-state index contributed by atoms with van der Waals surface area (Å²) in [4.78, 5) is 26.0. The fraction of sp³-hybridized carbons (Fsp3) is 0.368. The molecule has 0 spiro atoms. The molecule has 0 saturated carbocycles. The van der Waals surface area contributed by atoms with E-state index in [9.17, 15) is 4.79 Å². The Kier molecular flexibility index (Phi) is 4.28. The zero-order valence-corrected chi connectivity index (χ0v) is 15.1. The van der Waals surface area contributed by atoms with Gasteiger partial charge in [-0.25, -0.2) is 9.97 Å². The highest BCUT2D eigenvalue weighted by Crippen LogP contribution is 2.26. The molecule has 1 aliphatic heterocycles. The van der Waals surface area contributed by atoms with E-state index in [1.807, 2.05) is 47.2 Å². The number of para-hydroxylation sites is 1. The van der Waals surface area contributed by atoms with Crippen LogP contribution in [0.4, 0.5) is 11.5 Å². The van der Waals surface area contributed by atoms with Crippen LogP contribution in [-0.2, 0) is 18.3 Å². The second-order valence-corrected chi connectivity index (χ2v) is 6.52. The average molecular weight is 350 g/mol. The van der Waals surface area contributed by atoms with Gasteiger partial charge in [0.05, 0.1) is 18.1 Å². The number of rotatable bonds is 4. The van der Waals surface area contributed by atoms with E-state index in [4.69, 9.17) is 4.98 Å². The number of anilines is 2. The first-order chi connectivity index (χ1) is 12.7. The number of piperazine rings is 1. The maximum absolute atomic E-state index is 12.8. The molecule has 7 heteroatoms. The number of hydrogen-bond donors (Lipinski definition) is 0. The van der Waals surface area contributed by atoms with Gasteiger partial charge >= 0.3 is 0 Å². The van der Waals surface area contributed by atoms with Crippen molar-refractivity contribution in [2.45, 2.75) is 19.8 Å². The standard InChI is InChI=1S/C19H22N6O/c1-3-7-16-21-18-15(12-20-23(18)2)19(22-16)24-10-11-25(17(26)13-24)14-8-5-4-6-9-14/h4-6,8-9,12H,3,7,10-11,13H2,1-2H3. The first kappa shape index (κ1) is 16.5. The Hall–Kier alpha value is -2.96. The summed E-state index contributed by atoms with van der Waals surface area (Å²) in [7, 11) is 1.88. The topological polar surface area (TPSA) is 67.2 Å². The number of carbonyl (C=O) groups excluding carboxylic acids is 1. The van der Waals surface area contributed by atoms with Gasteiger partial charge in [0.25, 0.3) is 0 Å². The lowest BCUT2D eigenvalue weighted by Crippen LogP contribution is -2.51. The molecule has 7 nitrogen and oxygen atoms in total. The zero-order valence-electron chi connectivity index (χ0n) is 15.1. The molecule has 134 valence electrons. The smallest absolute Gasteiger partial charge is 0.246 e. The molecular formula is C19H22N6O. The second-order valence-electron chi connectivity index (χ2n) is 6.52. The summed E-state index contributed by atoms with van der Waals surface area (Å²) in [6.07, 6.45) is 3.57. The van der Waals surface area contributed by atoms with Crippen molar-refractivity contribution in [2.75, 3.05) is 29.4 Å². The Morgan fingerprint density at radius 1 is 1.12 bits per heavy atom. The largest absolute Gasteiger partial charge is 0.345 e. The van der Waals surface area contributed by atoms with E-state index >= 15 is 0 Å². The number of nitrogens with zero attached hydrogens (tertiary/aromatic N) is 6. The third-order valence-corrected chi connectivity index (χ3v) is 4.68. The van der Waals surface area contributed by atoms with Crippen molar-refractivity contribution in [1.82, 2.24) is 19.7 Å². The van der Waals surface area contributed by atoms with Crippen LogP contribution >= 0.6 is 0 Å². The highest BCUT2D eigenvalue weighted by Gasteiger charge is 2.27. The molecular weight excluding hydrogens is 328 g/mol. The van der Waals surface area contributed by atoms with Gasteiger partial charge in [-0.3, -0.25) is 9.48 Å². The predicted octanol–water partition coefficient (Wildman–Crippen LogP) is 2.17. The summed E-state index contributed by atoms with van der Waals surface area (Å²) in [5, 5.41) is 5.22. The quantitative estimate of drug-likeness (QED) is 0.721. The van der Waals surface area contributed by atoms with E-state index in [2.05, 4.69) is 17.0 Å². The third kappa shape index (κ3) is 2.89. The Morgan fingerprint density at radius 3 is 2.65 bits per heavy atom. The lowest BCUT2D eigenvalue weighted by atomic mass is 10.2. The number of hydrogen-bond acceptors (Lipinski definition) is 5. The predicted molar refractivity (Wildman–Crippen MR) is 101 cm³/mol. The Labute approximate surface area is 152 Å². The molecule has 26 heavy (non-hydrogen) atoms. The van der Waals surface area contributed by atoms with Gasteiger partial charge in [0, 0.05) is 32.2 Å². The van der Waals surface area contributed by atoms with Gasteiger partial charge < -0.3 is 9.80 Å². The van der Waals surface area contributed by atoms with Gasteiger partial charge in [0.1, 0.15) is 11.6 Å². The minimum atomic E-state index is 0.0788. The number of aromatic nitrogens is 4. The molecule has 2 aromatic heterocycles. The highest BCUT2D eigenvalue weighted by molar-refractivity contribution is 5.99. The summed E-state index contributed by atoms with van der Waals surface area (Å²) in [5.41, 5.74) is 1.76. The number of fused-ring (bicyclic) bond motifs is 1. The van der Waals surface area contributed by atoms with Gasteiger partial charge in [0.15, 0.2) is 5.65 Å². The van der Waals surface area contributed by atoms with Crippen molar-refractivity contribution in [3.63, 3.8) is 0 Å². The molecule has 0 atom stereocenters. The number of amides is 1. The van der Waals surface area contributed by atoms with Crippen molar-refractivity contribution in [3.05, 3.63) is 42.4 Å². The molecule has 3 aromatic rings. The van der Waals surface area contributed by atoms with Crippen LogP contribution in [-0.4, -0.2) is 45.3 Å². The Balaban J connectivity index is 1.65. The van der Waals surface area contributed by atoms with E-state index < -0.39 is 0 Å². The fourth-order valence-electron chi connectivity index (χ4n) is 3.36. The van der Waals surface area contributed by atoms with E-state index in [1.165, 1.54) is 0 Å². The molecule has 1 aliphatic rings. The van der Waals surface area contributed by atoms with Crippen LogP contribution in [0.1, 0.15) is 19.2 Å². The van der Waals surface area contributed by atoms with Gasteiger partial charge in [-0.05, 0) is 18.6 Å². The van der Waals surface area contributed by atoms with Gasteiger partial charge in [-0.15, -0.1) is 0 Å². The monoisotopic (exact) mass is 350 g/mol. The molecule has 4 rings (SSSR count). The normalized spacial score (nSPS) is 15.1. The number of benzene rings is 1. The molecule has 0 unspecified atom stereocenters. The van der Waals surface area contributed by atoms with Crippen molar-refractivity contribution in [1.29, 1.82) is 0 Å². The Morgan fingerprint density at radius 2 is 1.92 bits per heavy atom. The molecule has 1 aromatic carbocycles. The van der Waals surface area contributed by atoms with Gasteiger partial charge in [0.2, 0.25) is 5.91 Å². The van der Waals surface area contributed by atoms with Crippen LogP contribution in [0, 0.1) is 0 Å². The number of carbonyl (C=O) groups is 1. The van der Waals surface area contributed by atoms with E-state index in [0.717, 1.165) is 47.7 Å². The van der Waals surface area contributed by atoms with Crippen LogP contribution in [0.2, 0.25) is 0 Å². The SMILES string of the molecule is CCCc1nc(N2CCN(c3ccccc3)C(=O)C2)c2cnn(C)c2n1. The Bertz CT molecular complexity index is 936. The molecule has 0 N–H and O–H groups in total. The first-order valence-corrected chi connectivity index (χ1v) is 8.96. The fourth-order valence-corrected chi connectivity index (χ4v) is 3.36. The van der Waals surface area contributed by atoms with E-state index in [0.29, 0.717) is 13.1 Å². The summed E-state index contributed by atoms with van der Waals surface area (Å²) < 4.78 is 1.77. The van der Waals surface area contributed by atoms with E-state index in [1.54, 1.807) is 10.9 Å². The summed E-state index contributed by atoms with van der Waals surface area (Å²) in [5.74, 6) is 1.69. The van der Waals surface area contributed by atoms with Crippen LogP contribution in [0.15, 0.2) is 36.5 Å². The maximum Gasteiger partial charge on any atom is 0.246 e. The van der Waals surface area contributed by atoms with Crippen LogP contribution < -0.4 is 9.80 Å². The van der Waals surface area contributed by atoms with Gasteiger partial charge in [-0.1, -0.05) is 25.1 Å². The molecule has 1 saturated heterocycles. The summed E-state index contributed by atoms with van der Waals surface area (Å²) >= 11 is 0. The lowest BCUT2D eigenvalue weighted by molar-refractivity contribution is -0.117. The maximum atomic E-state index is 12.8. The van der Waals surface area contributed by atoms with Crippen LogP contribution in [0.25, 0.3) is 11.0 Å². The minimum absolute atomic E-state index is 0.0788.